The quantitative estimate of drug-likeness (QED) is 0.243. The van der Waals surface area contributed by atoms with Crippen LogP contribution in [0.4, 0.5) is 9.59 Å². The van der Waals surface area contributed by atoms with Crippen molar-refractivity contribution in [1.29, 1.82) is 0 Å². The fraction of sp³-hybridized carbons (Fsp3) is 0.583. The highest BCUT2D eigenvalue weighted by Gasteiger charge is 2.50. The molecule has 0 bridgehead atoms. The van der Waals surface area contributed by atoms with Gasteiger partial charge in [-0.3, -0.25) is 9.63 Å². The van der Waals surface area contributed by atoms with Crippen LogP contribution in [0.15, 0.2) is 30.3 Å². The third kappa shape index (κ3) is 6.92. The van der Waals surface area contributed by atoms with E-state index in [0.29, 0.717) is 25.8 Å². The van der Waals surface area contributed by atoms with E-state index in [2.05, 4.69) is 16.0 Å². The van der Waals surface area contributed by atoms with E-state index in [-0.39, 0.29) is 24.5 Å². The number of hydrogen-bond acceptors (Lipinski definition) is 8. The third-order valence-electron chi connectivity index (χ3n) is 6.12. The molecular formula is C24H34N4O7. The normalized spacial score (nSPS) is 24.0. The number of amides is 3. The molecule has 0 spiro atoms. The smallest absolute Gasteiger partial charge is 0.408 e. The standard InChI is InChI=1S/C24H34N4O7/c1-15(16-10-6-5-7-11-16)28-20(35-28)18(29)17(12-8-9-13-26-22(31)25-4)27-23(32)34-19-21(30)33-14-24(19,2)3/h5-7,10-11,15,17,19-20H,8-9,12-14H2,1-4H3,(H,27,32)(H2,25,26,31)/t15-,17+,19-,20?,28?/m1/s1. The molecular weight excluding hydrogens is 456 g/mol. The van der Waals surface area contributed by atoms with Crippen LogP contribution in [-0.2, 0) is 23.9 Å². The minimum Gasteiger partial charge on any atom is -0.462 e. The van der Waals surface area contributed by atoms with Gasteiger partial charge in [0.25, 0.3) is 0 Å². The second kappa shape index (κ2) is 11.5. The Kier molecular flexibility index (Phi) is 8.68. The van der Waals surface area contributed by atoms with Gasteiger partial charge in [0, 0.05) is 19.0 Å². The van der Waals surface area contributed by atoms with E-state index in [0.717, 1.165) is 5.56 Å². The number of alkyl carbamates (subject to hydrolysis) is 1. The average Bonchev–Trinajstić information content (AvgIpc) is 3.60. The number of rotatable bonds is 11. The van der Waals surface area contributed by atoms with Crippen molar-refractivity contribution in [3.05, 3.63) is 35.9 Å². The lowest BCUT2D eigenvalue weighted by Crippen LogP contribution is -2.46. The minimum absolute atomic E-state index is 0.146. The van der Waals surface area contributed by atoms with Crippen LogP contribution in [0.3, 0.4) is 0 Å². The van der Waals surface area contributed by atoms with Crippen molar-refractivity contribution in [3.63, 3.8) is 0 Å². The molecule has 0 saturated carbocycles. The van der Waals surface area contributed by atoms with Crippen LogP contribution in [0.25, 0.3) is 0 Å². The Hall–Kier alpha value is -3.18. The van der Waals surface area contributed by atoms with Gasteiger partial charge in [-0.1, -0.05) is 44.2 Å². The van der Waals surface area contributed by atoms with Gasteiger partial charge in [-0.15, -0.1) is 5.06 Å². The maximum Gasteiger partial charge on any atom is 0.408 e. The number of carbonyl (C=O) groups is 4. The third-order valence-corrected chi connectivity index (χ3v) is 6.12. The van der Waals surface area contributed by atoms with Gasteiger partial charge in [-0.25, -0.2) is 14.4 Å². The maximum atomic E-state index is 13.2. The highest BCUT2D eigenvalue weighted by molar-refractivity contribution is 5.92. The number of unbranched alkanes of at least 4 members (excludes halogenated alkanes) is 1. The Balaban J connectivity index is 1.60. The molecule has 2 fully saturated rings. The molecule has 3 amide bonds. The summed E-state index contributed by atoms with van der Waals surface area (Å²) in [6.07, 6.45) is -1.25. The van der Waals surface area contributed by atoms with Crippen molar-refractivity contribution in [2.45, 2.75) is 64.4 Å². The summed E-state index contributed by atoms with van der Waals surface area (Å²) in [5.74, 6) is -0.918. The number of nitrogens with one attached hydrogen (secondary N) is 3. The molecule has 11 nitrogen and oxygen atoms in total. The van der Waals surface area contributed by atoms with Gasteiger partial charge in [0.1, 0.15) is 6.61 Å². The molecule has 0 aromatic heterocycles. The topological polar surface area (TPSA) is 138 Å². The molecule has 0 aliphatic carbocycles. The second-order valence-electron chi connectivity index (χ2n) is 9.39. The van der Waals surface area contributed by atoms with Crippen molar-refractivity contribution in [2.24, 2.45) is 5.41 Å². The summed E-state index contributed by atoms with van der Waals surface area (Å²) in [7, 11) is 1.53. The van der Waals surface area contributed by atoms with E-state index < -0.39 is 35.9 Å². The maximum absolute atomic E-state index is 13.2. The van der Waals surface area contributed by atoms with Crippen LogP contribution in [0.5, 0.6) is 0 Å². The lowest BCUT2D eigenvalue weighted by molar-refractivity contribution is -0.145. The van der Waals surface area contributed by atoms with Gasteiger partial charge in [0.15, 0.2) is 0 Å². The van der Waals surface area contributed by atoms with E-state index in [1.54, 1.807) is 18.9 Å². The number of hydrogen-bond donors (Lipinski definition) is 3. The predicted octanol–water partition coefficient (Wildman–Crippen LogP) is 2.04. The Morgan fingerprint density at radius 2 is 1.91 bits per heavy atom. The SMILES string of the molecule is CNC(=O)NCCCC[C@H](NC(=O)O[C@@H]1C(=O)OCC1(C)C)C(=O)C1ON1[C@H](C)c1ccccc1. The van der Waals surface area contributed by atoms with E-state index >= 15 is 0 Å². The van der Waals surface area contributed by atoms with Crippen LogP contribution >= 0.6 is 0 Å². The summed E-state index contributed by atoms with van der Waals surface area (Å²) in [6.45, 7) is 6.02. The molecule has 2 unspecified atom stereocenters. The molecule has 0 radical (unpaired) electrons. The van der Waals surface area contributed by atoms with Gasteiger partial charge in [0.05, 0.1) is 12.1 Å². The first-order valence-electron chi connectivity index (χ1n) is 11.8. The van der Waals surface area contributed by atoms with Crippen molar-refractivity contribution < 1.29 is 33.5 Å². The highest BCUT2D eigenvalue weighted by atomic mass is 16.8. The number of esters is 1. The summed E-state index contributed by atoms with van der Waals surface area (Å²) >= 11 is 0. The van der Waals surface area contributed by atoms with Crippen LogP contribution < -0.4 is 16.0 Å². The van der Waals surface area contributed by atoms with Gasteiger partial charge >= 0.3 is 18.1 Å². The Morgan fingerprint density at radius 3 is 2.54 bits per heavy atom. The van der Waals surface area contributed by atoms with E-state index in [1.165, 1.54) is 7.05 Å². The Morgan fingerprint density at radius 1 is 1.20 bits per heavy atom. The number of ether oxygens (including phenoxy) is 2. The Bertz CT molecular complexity index is 924. The average molecular weight is 491 g/mol. The molecule has 1 aromatic rings. The molecule has 3 N–H and O–H groups in total. The first-order chi connectivity index (χ1) is 16.6. The highest BCUT2D eigenvalue weighted by Crippen LogP contribution is 2.35. The van der Waals surface area contributed by atoms with Gasteiger partial charge in [-0.05, 0) is 31.7 Å². The van der Waals surface area contributed by atoms with Crippen LogP contribution in [0.2, 0.25) is 0 Å². The van der Waals surface area contributed by atoms with Gasteiger partial charge in [-0.2, -0.15) is 0 Å². The molecule has 3 rings (SSSR count). The molecule has 35 heavy (non-hydrogen) atoms. The van der Waals surface area contributed by atoms with Gasteiger partial charge in [0.2, 0.25) is 18.1 Å². The molecule has 1 aromatic carbocycles. The van der Waals surface area contributed by atoms with E-state index in [4.69, 9.17) is 14.3 Å². The molecule has 2 aliphatic rings. The lowest BCUT2D eigenvalue weighted by atomic mass is 9.90. The summed E-state index contributed by atoms with van der Waals surface area (Å²) in [4.78, 5) is 54.7. The summed E-state index contributed by atoms with van der Waals surface area (Å²) < 4.78 is 10.3. The van der Waals surface area contributed by atoms with Crippen molar-refractivity contribution in [2.75, 3.05) is 20.2 Å². The minimum atomic E-state index is -1.05. The zero-order chi connectivity index (χ0) is 25.6. The van der Waals surface area contributed by atoms with Crippen molar-refractivity contribution in [3.8, 4) is 0 Å². The largest absolute Gasteiger partial charge is 0.462 e. The van der Waals surface area contributed by atoms with E-state index in [1.807, 2.05) is 37.3 Å². The van der Waals surface area contributed by atoms with Gasteiger partial charge < -0.3 is 25.4 Å². The Labute approximate surface area is 204 Å². The number of Topliss-reactive ketones (excluding diaryl/α,β-unsaturated/α-hetero) is 1. The van der Waals surface area contributed by atoms with Crippen molar-refractivity contribution >= 4 is 23.9 Å². The molecule has 2 saturated heterocycles. The second-order valence-corrected chi connectivity index (χ2v) is 9.39. The fourth-order valence-electron chi connectivity index (χ4n) is 3.88. The molecule has 5 atom stereocenters. The fourth-order valence-corrected chi connectivity index (χ4v) is 3.88. The molecule has 11 heteroatoms. The van der Waals surface area contributed by atoms with Crippen molar-refractivity contribution in [1.82, 2.24) is 21.0 Å². The number of ketones is 1. The van der Waals surface area contributed by atoms with Crippen LogP contribution in [0, 0.1) is 5.41 Å². The zero-order valence-corrected chi connectivity index (χ0v) is 20.5. The number of cyclic esters (lactones) is 1. The number of urea groups is 1. The number of benzene rings is 1. The molecule has 2 aliphatic heterocycles. The summed E-state index contributed by atoms with van der Waals surface area (Å²) in [5, 5.41) is 9.34. The summed E-state index contributed by atoms with van der Waals surface area (Å²) in [6, 6.07) is 8.30. The first kappa shape index (κ1) is 26.4. The molecule has 192 valence electrons. The van der Waals surface area contributed by atoms with E-state index in [9.17, 15) is 19.2 Å². The monoisotopic (exact) mass is 490 g/mol. The first-order valence-corrected chi connectivity index (χ1v) is 11.8. The zero-order valence-electron chi connectivity index (χ0n) is 20.5. The van der Waals surface area contributed by atoms with Crippen LogP contribution in [-0.4, -0.2) is 67.5 Å². The predicted molar refractivity (Wildman–Crippen MR) is 125 cm³/mol. The number of carbonyl (C=O) groups excluding carboxylic acids is 4. The number of hydroxylamine groups is 2. The molecule has 2 heterocycles. The lowest BCUT2D eigenvalue weighted by Gasteiger charge is -2.23. The number of nitrogens with zero attached hydrogens (tertiary/aromatic N) is 1. The van der Waals surface area contributed by atoms with Crippen LogP contribution in [0.1, 0.15) is 51.6 Å². The summed E-state index contributed by atoms with van der Waals surface area (Å²) in [5.41, 5.74) is 0.329.